The fourth-order valence-electron chi connectivity index (χ4n) is 2.73. The highest BCUT2D eigenvalue weighted by atomic mass is 19.3. The molecule has 0 bridgehead atoms. The lowest BCUT2D eigenvalue weighted by atomic mass is 9.86. The standard InChI is InChI=1S/C16H21F2NO2/c17-16(18)9-6-13(7-10-16)15(21)19-14(8-11-20)12-4-2-1-3-5-12/h1-5,13-14,20H,6-11H2,(H,19,21)/t14-/m0/s1. The van der Waals surface area contributed by atoms with Gasteiger partial charge in [0.15, 0.2) is 0 Å². The number of nitrogens with one attached hydrogen (secondary N) is 1. The van der Waals surface area contributed by atoms with Crippen LogP contribution in [0.1, 0.15) is 43.7 Å². The average Bonchev–Trinajstić information content (AvgIpc) is 2.47. The Morgan fingerprint density at radius 2 is 1.90 bits per heavy atom. The van der Waals surface area contributed by atoms with Crippen molar-refractivity contribution in [1.82, 2.24) is 5.32 Å². The molecule has 1 amide bonds. The van der Waals surface area contributed by atoms with Gasteiger partial charge in [-0.3, -0.25) is 4.79 Å². The molecule has 1 aliphatic rings. The van der Waals surface area contributed by atoms with E-state index in [1.807, 2.05) is 30.3 Å². The number of carbonyl (C=O) groups excluding carboxylic acids is 1. The van der Waals surface area contributed by atoms with Crippen LogP contribution in [0.5, 0.6) is 0 Å². The second-order valence-corrected chi connectivity index (χ2v) is 5.61. The van der Waals surface area contributed by atoms with E-state index in [9.17, 15) is 13.6 Å². The Balaban J connectivity index is 1.96. The van der Waals surface area contributed by atoms with E-state index in [1.165, 1.54) is 0 Å². The quantitative estimate of drug-likeness (QED) is 0.877. The molecule has 1 aliphatic carbocycles. The Kier molecular flexibility index (Phi) is 5.28. The second-order valence-electron chi connectivity index (χ2n) is 5.61. The van der Waals surface area contributed by atoms with Crippen LogP contribution in [-0.4, -0.2) is 23.5 Å². The molecule has 2 N–H and O–H groups in total. The average molecular weight is 297 g/mol. The number of aliphatic hydroxyl groups is 1. The lowest BCUT2D eigenvalue weighted by molar-refractivity contribution is -0.130. The van der Waals surface area contributed by atoms with E-state index in [0.29, 0.717) is 6.42 Å². The summed E-state index contributed by atoms with van der Waals surface area (Å²) in [6.45, 7) is -0.0391. The summed E-state index contributed by atoms with van der Waals surface area (Å²) in [6, 6.07) is 9.11. The third kappa shape index (κ3) is 4.49. The van der Waals surface area contributed by atoms with Crippen LogP contribution in [0.3, 0.4) is 0 Å². The summed E-state index contributed by atoms with van der Waals surface area (Å²) in [5.74, 6) is -3.16. The highest BCUT2D eigenvalue weighted by Crippen LogP contribution is 2.36. The molecule has 3 nitrogen and oxygen atoms in total. The van der Waals surface area contributed by atoms with Gasteiger partial charge in [-0.15, -0.1) is 0 Å². The third-order valence-corrected chi connectivity index (χ3v) is 4.02. The number of hydrogen-bond acceptors (Lipinski definition) is 2. The number of amides is 1. The molecule has 0 spiro atoms. The maximum absolute atomic E-state index is 13.1. The molecule has 0 aliphatic heterocycles. The van der Waals surface area contributed by atoms with Gasteiger partial charge in [0.05, 0.1) is 6.04 Å². The van der Waals surface area contributed by atoms with Crippen LogP contribution in [0.4, 0.5) is 8.78 Å². The molecular weight excluding hydrogens is 276 g/mol. The lowest BCUT2D eigenvalue weighted by Gasteiger charge is -2.29. The molecule has 5 heteroatoms. The minimum atomic E-state index is -2.62. The van der Waals surface area contributed by atoms with E-state index in [1.54, 1.807) is 0 Å². The summed E-state index contributed by atoms with van der Waals surface area (Å²) < 4.78 is 26.2. The number of carbonyl (C=O) groups is 1. The highest BCUT2D eigenvalue weighted by molar-refractivity contribution is 5.79. The Morgan fingerprint density at radius 3 is 2.48 bits per heavy atom. The van der Waals surface area contributed by atoms with Crippen LogP contribution in [0.15, 0.2) is 30.3 Å². The molecule has 0 saturated heterocycles. The van der Waals surface area contributed by atoms with Crippen molar-refractivity contribution in [2.45, 2.75) is 44.1 Å². The summed E-state index contributed by atoms with van der Waals surface area (Å²) in [5.41, 5.74) is 0.918. The SMILES string of the molecule is O=C(N[C@@H](CCO)c1ccccc1)C1CCC(F)(F)CC1. The lowest BCUT2D eigenvalue weighted by Crippen LogP contribution is -2.38. The fourth-order valence-corrected chi connectivity index (χ4v) is 2.73. The summed E-state index contributed by atoms with van der Waals surface area (Å²) in [4.78, 5) is 12.2. The zero-order chi connectivity index (χ0) is 15.3. The van der Waals surface area contributed by atoms with Gasteiger partial charge in [0.1, 0.15) is 0 Å². The van der Waals surface area contributed by atoms with Crippen molar-refractivity contribution in [2.24, 2.45) is 5.92 Å². The van der Waals surface area contributed by atoms with Gasteiger partial charge in [-0.1, -0.05) is 30.3 Å². The zero-order valence-electron chi connectivity index (χ0n) is 11.9. The van der Waals surface area contributed by atoms with E-state index in [-0.39, 0.29) is 50.2 Å². The van der Waals surface area contributed by atoms with Crippen LogP contribution in [0.2, 0.25) is 0 Å². The minimum absolute atomic E-state index is 0.0391. The van der Waals surface area contributed by atoms with Gasteiger partial charge in [-0.2, -0.15) is 0 Å². The van der Waals surface area contributed by atoms with Crippen LogP contribution < -0.4 is 5.32 Å². The van der Waals surface area contributed by atoms with E-state index in [4.69, 9.17) is 5.11 Å². The first kappa shape index (κ1) is 15.9. The van der Waals surface area contributed by atoms with Gasteiger partial charge in [0.25, 0.3) is 0 Å². The number of alkyl halides is 2. The molecule has 1 aromatic rings. The number of halogens is 2. The van der Waals surface area contributed by atoms with E-state index >= 15 is 0 Å². The molecule has 1 saturated carbocycles. The van der Waals surface area contributed by atoms with E-state index < -0.39 is 5.92 Å². The van der Waals surface area contributed by atoms with Crippen LogP contribution >= 0.6 is 0 Å². The van der Waals surface area contributed by atoms with E-state index in [2.05, 4.69) is 5.32 Å². The maximum Gasteiger partial charge on any atom is 0.248 e. The molecule has 116 valence electrons. The Bertz CT molecular complexity index is 455. The molecule has 1 aromatic carbocycles. The van der Waals surface area contributed by atoms with Crippen molar-refractivity contribution in [3.63, 3.8) is 0 Å². The van der Waals surface area contributed by atoms with E-state index in [0.717, 1.165) is 5.56 Å². The third-order valence-electron chi connectivity index (χ3n) is 4.02. The van der Waals surface area contributed by atoms with Gasteiger partial charge in [-0.05, 0) is 24.8 Å². The smallest absolute Gasteiger partial charge is 0.248 e. The van der Waals surface area contributed by atoms with Crippen molar-refractivity contribution in [3.8, 4) is 0 Å². The Hall–Kier alpha value is -1.49. The minimum Gasteiger partial charge on any atom is -0.396 e. The predicted molar refractivity (Wildman–Crippen MR) is 75.9 cm³/mol. The van der Waals surface area contributed by atoms with Crippen molar-refractivity contribution in [2.75, 3.05) is 6.61 Å². The van der Waals surface area contributed by atoms with Crippen molar-refractivity contribution >= 4 is 5.91 Å². The normalized spacial score (nSPS) is 20.0. The second kappa shape index (κ2) is 6.98. The summed E-state index contributed by atoms with van der Waals surface area (Å²) >= 11 is 0. The topological polar surface area (TPSA) is 49.3 Å². The molecule has 0 unspecified atom stereocenters. The molecule has 0 radical (unpaired) electrons. The van der Waals surface area contributed by atoms with Gasteiger partial charge in [0.2, 0.25) is 11.8 Å². The summed E-state index contributed by atoms with van der Waals surface area (Å²) in [5, 5.41) is 12.0. The number of rotatable bonds is 5. The fraction of sp³-hybridized carbons (Fsp3) is 0.562. The van der Waals surface area contributed by atoms with Crippen LogP contribution in [-0.2, 0) is 4.79 Å². The molecule has 1 atom stereocenters. The monoisotopic (exact) mass is 297 g/mol. The molecule has 0 heterocycles. The van der Waals surface area contributed by atoms with Crippen molar-refractivity contribution in [1.29, 1.82) is 0 Å². The Labute approximate surface area is 123 Å². The molecule has 0 aromatic heterocycles. The van der Waals surface area contributed by atoms with Crippen LogP contribution in [0, 0.1) is 5.92 Å². The Morgan fingerprint density at radius 1 is 1.29 bits per heavy atom. The molecule has 1 fully saturated rings. The maximum atomic E-state index is 13.1. The first-order chi connectivity index (χ1) is 10.0. The predicted octanol–water partition coefficient (Wildman–Crippen LogP) is 3.05. The van der Waals surface area contributed by atoms with Gasteiger partial charge in [-0.25, -0.2) is 8.78 Å². The van der Waals surface area contributed by atoms with Crippen molar-refractivity contribution in [3.05, 3.63) is 35.9 Å². The summed E-state index contributed by atoms with van der Waals surface area (Å²) in [7, 11) is 0. The van der Waals surface area contributed by atoms with Gasteiger partial charge >= 0.3 is 0 Å². The number of aliphatic hydroxyl groups excluding tert-OH is 1. The molecule has 2 rings (SSSR count). The zero-order valence-corrected chi connectivity index (χ0v) is 11.9. The highest BCUT2D eigenvalue weighted by Gasteiger charge is 2.37. The number of hydrogen-bond donors (Lipinski definition) is 2. The number of benzene rings is 1. The summed E-state index contributed by atoms with van der Waals surface area (Å²) in [6.07, 6.45) is 0.416. The molecular formula is C16H21F2NO2. The van der Waals surface area contributed by atoms with Gasteiger partial charge < -0.3 is 10.4 Å². The van der Waals surface area contributed by atoms with Gasteiger partial charge in [0, 0.05) is 25.4 Å². The largest absolute Gasteiger partial charge is 0.396 e. The first-order valence-corrected chi connectivity index (χ1v) is 7.36. The first-order valence-electron chi connectivity index (χ1n) is 7.36. The van der Waals surface area contributed by atoms with Crippen molar-refractivity contribution < 1.29 is 18.7 Å². The molecule has 21 heavy (non-hydrogen) atoms. The van der Waals surface area contributed by atoms with Crippen LogP contribution in [0.25, 0.3) is 0 Å².